The first-order valence-corrected chi connectivity index (χ1v) is 41.5. The molecule has 0 bridgehead atoms. The Kier molecular flexibility index (Phi) is 16.3. The van der Waals surface area contributed by atoms with Crippen LogP contribution in [0.4, 0.5) is 34.1 Å². The Morgan fingerprint density at radius 1 is 0.244 bits per heavy atom. The van der Waals surface area contributed by atoms with Crippen LogP contribution in [0.25, 0.3) is 100 Å². The molecule has 4 heterocycles. The topological polar surface area (TPSA) is 24.9 Å². The largest absolute Gasteiger partial charge is 0.459 e. The van der Waals surface area contributed by atoms with Gasteiger partial charge in [0.15, 0.2) is 0 Å². The van der Waals surface area contributed by atoms with Crippen molar-refractivity contribution in [2.75, 3.05) is 9.80 Å². The Balaban J connectivity index is 0.877. The number of ether oxygens (including phenoxy) is 2. The van der Waals surface area contributed by atoms with Gasteiger partial charge in [-0.25, -0.2) is 0 Å². The van der Waals surface area contributed by atoms with E-state index < -0.39 is 18.8 Å². The van der Waals surface area contributed by atoms with E-state index in [1.165, 1.54) is 44.4 Å². The molecule has 0 fully saturated rings. The van der Waals surface area contributed by atoms with Gasteiger partial charge in [0, 0.05) is 62.1 Å². The van der Waals surface area contributed by atoms with E-state index in [1.807, 2.05) is 0 Å². The summed E-state index contributed by atoms with van der Waals surface area (Å²) in [4.78, 5) is 5.33. The summed E-state index contributed by atoms with van der Waals surface area (Å²) in [5, 5.41) is 0. The van der Waals surface area contributed by atoms with Crippen molar-refractivity contribution in [2.24, 2.45) is 0 Å². The molecule has 0 saturated carbocycles. The zero-order valence-corrected chi connectivity index (χ0v) is 66.2. The minimum absolute atomic E-state index is 0.379. The summed E-state index contributed by atoms with van der Waals surface area (Å²) >= 11 is 0. The third kappa shape index (κ3) is 11.0. The number of hydrogen-bond acceptors (Lipinski definition) is 4. The lowest BCUT2D eigenvalue weighted by molar-refractivity contribution is 0.468. The van der Waals surface area contributed by atoms with Gasteiger partial charge in [-0.05, 0) is 163 Å². The molecule has 4 nitrogen and oxygen atoms in total. The summed E-state index contributed by atoms with van der Waals surface area (Å²) < 4.78 is 16.8. The van der Waals surface area contributed by atoms with Gasteiger partial charge in [-0.2, -0.15) is 0 Å². The maximum absolute atomic E-state index is 8.46. The molecule has 18 aromatic rings. The van der Waals surface area contributed by atoms with E-state index in [0.717, 1.165) is 173 Å². The minimum Gasteiger partial charge on any atom is -0.459 e. The molecule has 119 heavy (non-hydrogen) atoms. The van der Waals surface area contributed by atoms with Crippen molar-refractivity contribution in [1.29, 1.82) is 0 Å². The van der Waals surface area contributed by atoms with Crippen molar-refractivity contribution in [3.05, 3.63) is 446 Å². The molecular formula is C113H78B2N2O2. The van der Waals surface area contributed by atoms with E-state index in [9.17, 15) is 0 Å². The quantitative estimate of drug-likeness (QED) is 0.114. The van der Waals surface area contributed by atoms with E-state index in [-0.39, 0.29) is 5.41 Å². The van der Waals surface area contributed by atoms with Gasteiger partial charge in [-0.3, -0.25) is 0 Å². The smallest absolute Gasteiger partial charge is 0.260 e. The first kappa shape index (κ1) is 69.8. The van der Waals surface area contributed by atoms with Crippen LogP contribution in [-0.4, -0.2) is 13.4 Å². The second-order valence-corrected chi connectivity index (χ2v) is 33.2. The van der Waals surface area contributed by atoms with E-state index in [4.69, 9.17) is 9.47 Å². The van der Waals surface area contributed by atoms with Crippen molar-refractivity contribution in [3.63, 3.8) is 0 Å². The minimum atomic E-state index is -0.662. The Labute approximate surface area is 696 Å². The highest BCUT2D eigenvalue weighted by Crippen LogP contribution is 2.61. The molecule has 0 radical (unpaired) electrons. The number of fused-ring (bicyclic) bond motifs is 12. The van der Waals surface area contributed by atoms with E-state index in [0.29, 0.717) is 0 Å². The molecule has 0 aromatic heterocycles. The van der Waals surface area contributed by atoms with Crippen LogP contribution in [0.3, 0.4) is 0 Å². The van der Waals surface area contributed by atoms with Crippen LogP contribution >= 0.6 is 0 Å². The van der Waals surface area contributed by atoms with Crippen LogP contribution in [0, 0.1) is 0 Å². The molecule has 6 heteroatoms. The molecule has 558 valence electrons. The molecule has 0 atom stereocenters. The van der Waals surface area contributed by atoms with Crippen LogP contribution < -0.4 is 52.1 Å². The molecule has 0 amide bonds. The molecule has 5 aliphatic rings. The van der Waals surface area contributed by atoms with Gasteiger partial charge in [0.05, 0.1) is 16.8 Å². The lowest BCUT2D eigenvalue weighted by atomic mass is 9.30. The average molecular weight is 1520 g/mol. The second-order valence-electron chi connectivity index (χ2n) is 33.2. The average Bonchev–Trinajstić information content (AvgIpc) is 1.58. The maximum Gasteiger partial charge on any atom is 0.260 e. The SMILES string of the molecule is CC(C)(C)c1cc2c3c(c1)N(c1c(-c4ccccc4)cccc1-c1ccccc1)c1cc4c5c(c1B3c1ccc(-c3ccccc3)cc1N2c1c(-c2ccccc2)cccc1-c1ccccc1)Oc1ccc(-c2ccccc2)cc1B5c1cc(-c2ccccc2)cc(-c2cccc3c2-c2ccccc2C3(c2ccccc2)c2ccccc2)c1O4. The van der Waals surface area contributed by atoms with Crippen molar-refractivity contribution in [3.8, 4) is 123 Å². The number of rotatable bonds is 12. The molecule has 23 rings (SSSR count). The van der Waals surface area contributed by atoms with Gasteiger partial charge in [-0.15, -0.1) is 0 Å². The molecule has 1 aliphatic carbocycles. The Morgan fingerprint density at radius 3 is 1.15 bits per heavy atom. The highest BCUT2D eigenvalue weighted by molar-refractivity contribution is 7.03. The summed E-state index contributed by atoms with van der Waals surface area (Å²) in [5.41, 5.74) is 37.9. The van der Waals surface area contributed by atoms with Crippen LogP contribution in [0.2, 0.25) is 0 Å². The van der Waals surface area contributed by atoms with E-state index in [2.05, 4.69) is 449 Å². The van der Waals surface area contributed by atoms with Crippen molar-refractivity contribution >= 4 is 80.3 Å². The second kappa shape index (κ2) is 27.8. The summed E-state index contributed by atoms with van der Waals surface area (Å²) in [6, 6.07) is 156. The lowest BCUT2D eigenvalue weighted by Gasteiger charge is -2.48. The summed E-state index contributed by atoms with van der Waals surface area (Å²) in [5.74, 6) is 3.12. The molecule has 0 N–H and O–H groups in total. The zero-order valence-electron chi connectivity index (χ0n) is 66.2. The molecule has 0 unspecified atom stereocenters. The highest BCUT2D eigenvalue weighted by atomic mass is 16.5. The van der Waals surface area contributed by atoms with Crippen LogP contribution in [0.5, 0.6) is 23.0 Å². The molecule has 0 saturated heterocycles. The third-order valence-electron chi connectivity index (χ3n) is 25.6. The predicted molar refractivity (Wildman–Crippen MR) is 498 cm³/mol. The summed E-state index contributed by atoms with van der Waals surface area (Å²) in [6.45, 7) is 6.26. The van der Waals surface area contributed by atoms with Crippen molar-refractivity contribution in [2.45, 2.75) is 31.6 Å². The Bertz CT molecular complexity index is 6910. The number of nitrogens with zero attached hydrogens (tertiary/aromatic N) is 2. The van der Waals surface area contributed by atoms with Gasteiger partial charge in [0.2, 0.25) is 0 Å². The number of para-hydroxylation sites is 2. The normalized spacial score (nSPS) is 13.3. The van der Waals surface area contributed by atoms with Crippen LogP contribution in [-0.2, 0) is 10.8 Å². The van der Waals surface area contributed by atoms with Gasteiger partial charge in [-0.1, -0.05) is 403 Å². The fourth-order valence-electron chi connectivity index (χ4n) is 20.3. The van der Waals surface area contributed by atoms with E-state index in [1.54, 1.807) is 0 Å². The Morgan fingerprint density at radius 2 is 0.639 bits per heavy atom. The summed E-state index contributed by atoms with van der Waals surface area (Å²) in [6.07, 6.45) is 0. The molecule has 0 spiro atoms. The predicted octanol–water partition coefficient (Wildman–Crippen LogP) is 25.5. The fourth-order valence-corrected chi connectivity index (χ4v) is 20.3. The standard InChI is InChI=1S/C113H78B2N2O2/c1-112(2,3)85-70-99-105-100(71-85)117(109-88(78-46-23-9-24-47-78)57-34-58-89(109)79-48-25-10-26-49-79)101-72-103-107-111(106(101)115(105)95-64-62-81(74-38-15-5-16-39-74)69-98(95)116(99)108-86(76-42-19-7-20-43-76)55-33-56-87(108)77-44-21-8-22-45-77)118-102-65-63-80(73-36-13-4-14-37-73)67-96(102)114(107)97-68-82(75-40-17-6-18-41-75)66-92(110(97)119-103)90-59-35-61-94-104(90)91-54-31-32-60-93(91)113(94,83-50-27-11-28-51-83)84-52-29-12-30-53-84/h4-72H,1-3H3. The van der Waals surface area contributed by atoms with Gasteiger partial charge in [0.1, 0.15) is 23.0 Å². The molecular weight excluding hydrogens is 1440 g/mol. The van der Waals surface area contributed by atoms with Gasteiger partial charge >= 0.3 is 0 Å². The molecule has 18 aromatic carbocycles. The third-order valence-corrected chi connectivity index (χ3v) is 25.6. The first-order chi connectivity index (χ1) is 58.7. The van der Waals surface area contributed by atoms with Gasteiger partial charge < -0.3 is 19.3 Å². The van der Waals surface area contributed by atoms with E-state index >= 15 is 0 Å². The maximum atomic E-state index is 8.46. The zero-order chi connectivity index (χ0) is 79.0. The highest BCUT2D eigenvalue weighted by Gasteiger charge is 2.53. The van der Waals surface area contributed by atoms with Crippen LogP contribution in [0.1, 0.15) is 48.6 Å². The number of anilines is 6. The monoisotopic (exact) mass is 1520 g/mol. The van der Waals surface area contributed by atoms with Gasteiger partial charge in [0.25, 0.3) is 13.4 Å². The van der Waals surface area contributed by atoms with Crippen LogP contribution in [0.15, 0.2) is 419 Å². The van der Waals surface area contributed by atoms with Crippen molar-refractivity contribution < 1.29 is 9.47 Å². The Hall–Kier alpha value is -14.7. The fraction of sp³-hybridized carbons (Fsp3) is 0.0442. The first-order valence-electron chi connectivity index (χ1n) is 41.5. The number of benzene rings is 18. The van der Waals surface area contributed by atoms with Crippen molar-refractivity contribution in [1.82, 2.24) is 0 Å². The summed E-state index contributed by atoms with van der Waals surface area (Å²) in [7, 11) is 0. The molecule has 4 aliphatic heterocycles. The lowest BCUT2D eigenvalue weighted by Crippen LogP contribution is -2.65. The number of hydrogen-bond donors (Lipinski definition) is 0.